The molecule has 0 rings (SSSR count). The number of amides is 1. The van der Waals surface area contributed by atoms with Gasteiger partial charge in [-0.25, -0.2) is 4.57 Å². The van der Waals surface area contributed by atoms with Gasteiger partial charge in [0.05, 0.1) is 13.2 Å². The minimum absolute atomic E-state index is 0.0745. The highest BCUT2D eigenvalue weighted by molar-refractivity contribution is 7.47. The van der Waals surface area contributed by atoms with Gasteiger partial charge in [-0.3, -0.25) is 18.6 Å². The van der Waals surface area contributed by atoms with Crippen LogP contribution in [0, 0.1) is 0 Å². The predicted octanol–water partition coefficient (Wildman–Crippen LogP) is 9.10. The van der Waals surface area contributed by atoms with Crippen molar-refractivity contribution in [1.29, 1.82) is 0 Å². The fourth-order valence-corrected chi connectivity index (χ4v) is 5.71. The molecule has 0 spiro atoms. The van der Waals surface area contributed by atoms with Crippen molar-refractivity contribution in [2.45, 2.75) is 174 Å². The van der Waals surface area contributed by atoms with Gasteiger partial charge in [-0.15, -0.1) is 0 Å². The van der Waals surface area contributed by atoms with Crippen molar-refractivity contribution in [2.75, 3.05) is 26.4 Å². The van der Waals surface area contributed by atoms with E-state index in [9.17, 15) is 24.2 Å². The summed E-state index contributed by atoms with van der Waals surface area (Å²) in [6.07, 6.45) is 31.6. The number of hydrogen-bond donors (Lipinski definition) is 3. The van der Waals surface area contributed by atoms with Gasteiger partial charge < -0.3 is 20.1 Å². The molecule has 0 bridgehead atoms. The third-order valence-electron chi connectivity index (χ3n) is 7.67. The van der Waals surface area contributed by atoms with Crippen molar-refractivity contribution in [3.05, 3.63) is 12.2 Å². The van der Waals surface area contributed by atoms with Gasteiger partial charge in [0.25, 0.3) is 0 Å². The van der Waals surface area contributed by atoms with Crippen molar-refractivity contribution < 1.29 is 37.9 Å². The Kier molecular flexibility index (Phi) is 31.8. The molecule has 0 heterocycles. The summed E-state index contributed by atoms with van der Waals surface area (Å²) in [7, 11) is -4.38. The number of esters is 1. The highest BCUT2D eigenvalue weighted by atomic mass is 31.2. The summed E-state index contributed by atoms with van der Waals surface area (Å²) in [5.74, 6) is -0.568. The van der Waals surface area contributed by atoms with E-state index in [1.54, 1.807) is 0 Å². The molecule has 0 fully saturated rings. The Morgan fingerprint density at radius 1 is 0.667 bits per heavy atom. The van der Waals surface area contributed by atoms with E-state index in [1.165, 1.54) is 116 Å². The summed E-state index contributed by atoms with van der Waals surface area (Å²) in [5, 5.41) is 12.4. The number of carbonyl (C=O) groups excluding carboxylic acids is 2. The lowest BCUT2D eigenvalue weighted by atomic mass is 10.0. The molecule has 3 N–H and O–H groups in total. The molecule has 45 heavy (non-hydrogen) atoms. The van der Waals surface area contributed by atoms with E-state index in [4.69, 9.17) is 13.8 Å². The van der Waals surface area contributed by atoms with Crippen LogP contribution in [0.1, 0.15) is 168 Å². The minimum atomic E-state index is -4.38. The number of hydrogen-bond acceptors (Lipinski definition) is 7. The van der Waals surface area contributed by atoms with Crippen molar-refractivity contribution in [1.82, 2.24) is 5.32 Å². The average Bonchev–Trinajstić information content (AvgIpc) is 3.01. The number of aliphatic hydroxyl groups is 1. The monoisotopic (exact) mass is 661 g/mol. The molecule has 266 valence electrons. The van der Waals surface area contributed by atoms with Gasteiger partial charge in [0.15, 0.2) is 0 Å². The van der Waals surface area contributed by atoms with E-state index < -0.39 is 26.5 Å². The highest BCUT2D eigenvalue weighted by Gasteiger charge is 2.23. The Morgan fingerprint density at radius 3 is 1.67 bits per heavy atom. The summed E-state index contributed by atoms with van der Waals surface area (Å²) >= 11 is 0. The Hall–Kier alpha value is -1.25. The quantitative estimate of drug-likeness (QED) is 0.0269. The van der Waals surface area contributed by atoms with Crippen molar-refractivity contribution in [3.63, 3.8) is 0 Å². The number of ether oxygens (including phenoxy) is 1. The standard InChI is InChI=1S/C35H68NO8P/c1-3-5-6-7-8-9-10-11-12-13-14-15-16-17-18-19-20-21-22-23-24-25-26-28-35(39)42-31-33(37)32-44-45(40,41)43-30-29-36-34(38)27-4-2/h11-12,33,37H,3-10,13-32H2,1-2H3,(H,36,38)(H,40,41)/b12-11+. The molecule has 9 nitrogen and oxygen atoms in total. The Bertz CT molecular complexity index is 764. The van der Waals surface area contributed by atoms with Crippen LogP contribution in [0.2, 0.25) is 0 Å². The van der Waals surface area contributed by atoms with Crippen LogP contribution in [0.4, 0.5) is 0 Å². The normalized spacial score (nSPS) is 13.6. The molecule has 0 radical (unpaired) electrons. The SMILES string of the molecule is CCCCCCCC/C=C/CCCCCCCCCCCCCCCC(=O)OCC(O)COP(=O)(O)OCCNC(=O)CCC. The van der Waals surface area contributed by atoms with Gasteiger partial charge in [0.1, 0.15) is 12.7 Å². The maximum absolute atomic E-state index is 11.9. The Balaban J connectivity index is 3.45. The van der Waals surface area contributed by atoms with Crippen LogP contribution in [0.15, 0.2) is 12.2 Å². The van der Waals surface area contributed by atoms with Crippen LogP contribution >= 0.6 is 7.82 Å². The van der Waals surface area contributed by atoms with Crippen molar-refractivity contribution >= 4 is 19.7 Å². The second kappa shape index (κ2) is 32.7. The van der Waals surface area contributed by atoms with Crippen LogP contribution < -0.4 is 5.32 Å². The zero-order chi connectivity index (χ0) is 33.3. The number of phosphoric ester groups is 1. The summed E-state index contributed by atoms with van der Waals surface area (Å²) in [6.45, 7) is 3.18. The smallest absolute Gasteiger partial charge is 0.463 e. The third kappa shape index (κ3) is 33.9. The topological polar surface area (TPSA) is 131 Å². The summed E-state index contributed by atoms with van der Waals surface area (Å²) < 4.78 is 26.3. The molecule has 0 aromatic carbocycles. The van der Waals surface area contributed by atoms with Crippen LogP contribution in [0.3, 0.4) is 0 Å². The number of carbonyl (C=O) groups is 2. The molecule has 2 unspecified atom stereocenters. The second-order valence-corrected chi connectivity index (χ2v) is 13.7. The average molecular weight is 662 g/mol. The molecular formula is C35H68NO8P. The lowest BCUT2D eigenvalue weighted by Gasteiger charge is -2.15. The molecule has 0 aliphatic rings. The van der Waals surface area contributed by atoms with Gasteiger partial charge >= 0.3 is 13.8 Å². The maximum atomic E-state index is 11.9. The zero-order valence-corrected chi connectivity index (χ0v) is 29.7. The lowest BCUT2D eigenvalue weighted by molar-refractivity contribution is -0.147. The molecule has 0 aromatic heterocycles. The number of allylic oxidation sites excluding steroid dienone is 2. The van der Waals surface area contributed by atoms with E-state index in [0.29, 0.717) is 12.8 Å². The molecule has 0 saturated heterocycles. The van der Waals surface area contributed by atoms with Gasteiger partial charge in [0, 0.05) is 19.4 Å². The number of rotatable bonds is 34. The molecule has 10 heteroatoms. The molecule has 0 aliphatic heterocycles. The number of aliphatic hydroxyl groups excluding tert-OH is 1. The lowest BCUT2D eigenvalue weighted by Crippen LogP contribution is -2.27. The molecular weight excluding hydrogens is 593 g/mol. The molecule has 0 saturated carbocycles. The van der Waals surface area contributed by atoms with E-state index in [0.717, 1.165) is 19.3 Å². The summed E-state index contributed by atoms with van der Waals surface area (Å²) in [4.78, 5) is 32.9. The van der Waals surface area contributed by atoms with Gasteiger partial charge in [-0.05, 0) is 38.5 Å². The van der Waals surface area contributed by atoms with Gasteiger partial charge in [0.2, 0.25) is 5.91 Å². The number of unbranched alkanes of at least 4 members (excludes halogenated alkanes) is 19. The minimum Gasteiger partial charge on any atom is -0.463 e. The first-order chi connectivity index (χ1) is 21.8. The van der Waals surface area contributed by atoms with Crippen LogP contribution in [0.25, 0.3) is 0 Å². The van der Waals surface area contributed by atoms with E-state index >= 15 is 0 Å². The molecule has 0 aromatic rings. The number of phosphoric acid groups is 1. The van der Waals surface area contributed by atoms with E-state index in [-0.39, 0.29) is 32.1 Å². The first kappa shape index (κ1) is 43.8. The molecule has 1 amide bonds. The molecule has 2 atom stereocenters. The maximum Gasteiger partial charge on any atom is 0.472 e. The Morgan fingerprint density at radius 2 is 1.16 bits per heavy atom. The van der Waals surface area contributed by atoms with Crippen molar-refractivity contribution in [2.24, 2.45) is 0 Å². The summed E-state index contributed by atoms with van der Waals surface area (Å²) in [5.41, 5.74) is 0. The second-order valence-electron chi connectivity index (χ2n) is 12.2. The van der Waals surface area contributed by atoms with Crippen LogP contribution in [-0.2, 0) is 27.9 Å². The van der Waals surface area contributed by atoms with Crippen LogP contribution in [-0.4, -0.2) is 54.3 Å². The number of nitrogens with one attached hydrogen (secondary N) is 1. The largest absolute Gasteiger partial charge is 0.472 e. The van der Waals surface area contributed by atoms with Crippen LogP contribution in [0.5, 0.6) is 0 Å². The molecule has 0 aliphatic carbocycles. The predicted molar refractivity (Wildman–Crippen MR) is 183 cm³/mol. The summed E-state index contributed by atoms with van der Waals surface area (Å²) in [6, 6.07) is 0. The zero-order valence-electron chi connectivity index (χ0n) is 28.8. The van der Waals surface area contributed by atoms with Crippen molar-refractivity contribution in [3.8, 4) is 0 Å². The fourth-order valence-electron chi connectivity index (χ4n) is 4.95. The van der Waals surface area contributed by atoms with Gasteiger partial charge in [-0.2, -0.15) is 0 Å². The Labute approximate surface area is 275 Å². The first-order valence-electron chi connectivity index (χ1n) is 18.2. The first-order valence-corrected chi connectivity index (χ1v) is 19.7. The highest BCUT2D eigenvalue weighted by Crippen LogP contribution is 2.42. The van der Waals surface area contributed by atoms with E-state index in [2.05, 4.69) is 24.4 Å². The van der Waals surface area contributed by atoms with E-state index in [1.807, 2.05) is 6.92 Å². The third-order valence-corrected chi connectivity index (χ3v) is 8.65. The van der Waals surface area contributed by atoms with Gasteiger partial charge in [-0.1, -0.05) is 129 Å². The fraction of sp³-hybridized carbons (Fsp3) is 0.886.